The molecule has 0 aromatic heterocycles. The van der Waals surface area contributed by atoms with E-state index in [0.717, 1.165) is 16.8 Å². The maximum Gasteiger partial charge on any atom is 0.276 e. The highest BCUT2D eigenvalue weighted by Crippen LogP contribution is 2.22. The summed E-state index contributed by atoms with van der Waals surface area (Å²) in [5.74, 6) is -0.252. The number of carbonyl (C=O) groups excluding carboxylic acids is 1. The molecule has 1 aliphatic rings. The molecule has 1 amide bonds. The minimum absolute atomic E-state index is 0.252. The summed E-state index contributed by atoms with van der Waals surface area (Å²) in [5, 5.41) is 19.8. The van der Waals surface area contributed by atoms with Gasteiger partial charge in [-0.05, 0) is 30.7 Å². The number of benzene rings is 2. The first kappa shape index (κ1) is 13.7. The number of rotatable bonds is 2. The number of hydrogen-bond donors (Lipinski definition) is 1. The van der Waals surface area contributed by atoms with Crippen LogP contribution in [0.2, 0.25) is 0 Å². The molecule has 0 fully saturated rings. The fourth-order valence-electron chi connectivity index (χ4n) is 2.17. The maximum atomic E-state index is 11.9. The van der Waals surface area contributed by atoms with Gasteiger partial charge in [-0.15, -0.1) is 5.10 Å². The van der Waals surface area contributed by atoms with E-state index in [4.69, 9.17) is 5.26 Å². The highest BCUT2D eigenvalue weighted by atomic mass is 16.2. The lowest BCUT2D eigenvalue weighted by Gasteiger charge is -1.99. The van der Waals surface area contributed by atoms with Crippen molar-refractivity contribution in [2.24, 2.45) is 10.2 Å². The molecular formula is C17H12N4O. The predicted octanol–water partition coefficient (Wildman–Crippen LogP) is 2.72. The molecule has 2 aromatic rings. The van der Waals surface area contributed by atoms with Crippen molar-refractivity contribution in [1.29, 1.82) is 5.26 Å². The molecule has 22 heavy (non-hydrogen) atoms. The summed E-state index contributed by atoms with van der Waals surface area (Å²) in [6, 6.07) is 16.5. The largest absolute Gasteiger partial charge is 0.320 e. The minimum atomic E-state index is -0.252. The number of amides is 1. The van der Waals surface area contributed by atoms with Crippen molar-refractivity contribution in [2.75, 3.05) is 5.32 Å². The van der Waals surface area contributed by atoms with Gasteiger partial charge in [0.05, 0.1) is 23.0 Å². The first-order valence-electron chi connectivity index (χ1n) is 6.72. The third-order valence-electron chi connectivity index (χ3n) is 3.38. The molecule has 1 aliphatic heterocycles. The van der Waals surface area contributed by atoms with Gasteiger partial charge in [0.1, 0.15) is 0 Å². The second kappa shape index (κ2) is 5.62. The van der Waals surface area contributed by atoms with Crippen LogP contribution in [0.15, 0.2) is 58.7 Å². The van der Waals surface area contributed by atoms with Crippen molar-refractivity contribution >= 4 is 23.0 Å². The zero-order chi connectivity index (χ0) is 15.5. The van der Waals surface area contributed by atoms with E-state index in [9.17, 15) is 4.79 Å². The highest BCUT2D eigenvalue weighted by Gasteiger charge is 2.25. The molecule has 1 N–H and O–H groups in total. The highest BCUT2D eigenvalue weighted by molar-refractivity contribution is 6.53. The molecule has 2 aromatic carbocycles. The van der Waals surface area contributed by atoms with Gasteiger partial charge >= 0.3 is 0 Å². The first-order chi connectivity index (χ1) is 10.7. The Labute approximate surface area is 127 Å². The van der Waals surface area contributed by atoms with Crippen LogP contribution in [0.4, 0.5) is 5.69 Å². The van der Waals surface area contributed by atoms with E-state index in [-0.39, 0.29) is 5.91 Å². The fraction of sp³-hybridized carbons (Fsp3) is 0.0588. The SMILES string of the molecule is C/C(=N\N=C1\C(=O)Nc2ccccc21)c1ccc(C#N)cc1. The number of fused-ring (bicyclic) bond motifs is 1. The van der Waals surface area contributed by atoms with Gasteiger partial charge in [-0.2, -0.15) is 10.4 Å². The standard InChI is InChI=1S/C17H12N4O/c1-11(13-8-6-12(10-18)7-9-13)20-21-16-14-4-2-3-5-15(14)19-17(16)22/h2-9H,1H3,(H,19,21,22)/b20-11+. The molecule has 1 heterocycles. The Hall–Kier alpha value is -3.26. The van der Waals surface area contributed by atoms with Gasteiger partial charge < -0.3 is 5.32 Å². The Bertz CT molecular complexity index is 842. The number of para-hydroxylation sites is 1. The van der Waals surface area contributed by atoms with Crippen LogP contribution in [-0.4, -0.2) is 17.3 Å². The molecular weight excluding hydrogens is 276 g/mol. The summed E-state index contributed by atoms with van der Waals surface area (Å²) in [7, 11) is 0. The molecule has 5 nitrogen and oxygen atoms in total. The first-order valence-corrected chi connectivity index (χ1v) is 6.72. The van der Waals surface area contributed by atoms with Gasteiger partial charge in [0.15, 0.2) is 5.71 Å². The number of carbonyl (C=O) groups is 1. The van der Waals surface area contributed by atoms with Crippen LogP contribution in [0.3, 0.4) is 0 Å². The summed E-state index contributed by atoms with van der Waals surface area (Å²) in [6.45, 7) is 1.81. The van der Waals surface area contributed by atoms with Crippen molar-refractivity contribution in [3.63, 3.8) is 0 Å². The van der Waals surface area contributed by atoms with Crippen molar-refractivity contribution in [3.8, 4) is 6.07 Å². The molecule has 0 saturated carbocycles. The number of nitrogens with zero attached hydrogens (tertiary/aromatic N) is 3. The average Bonchev–Trinajstić information content (AvgIpc) is 2.88. The van der Waals surface area contributed by atoms with Crippen LogP contribution in [-0.2, 0) is 4.79 Å². The molecule has 3 rings (SSSR count). The number of hydrogen-bond acceptors (Lipinski definition) is 4. The van der Waals surface area contributed by atoms with Crippen molar-refractivity contribution in [2.45, 2.75) is 6.92 Å². The zero-order valence-electron chi connectivity index (χ0n) is 11.9. The summed E-state index contributed by atoms with van der Waals surface area (Å²) < 4.78 is 0. The minimum Gasteiger partial charge on any atom is -0.320 e. The second-order valence-corrected chi connectivity index (χ2v) is 4.82. The summed E-state index contributed by atoms with van der Waals surface area (Å²) in [5.41, 5.74) is 3.93. The third kappa shape index (κ3) is 2.50. The van der Waals surface area contributed by atoms with Gasteiger partial charge in [-0.25, -0.2) is 0 Å². The van der Waals surface area contributed by atoms with Gasteiger partial charge in [0.25, 0.3) is 5.91 Å². The van der Waals surface area contributed by atoms with Gasteiger partial charge in [-0.1, -0.05) is 30.3 Å². The zero-order valence-corrected chi connectivity index (χ0v) is 11.9. The van der Waals surface area contributed by atoms with E-state index in [0.29, 0.717) is 17.0 Å². The van der Waals surface area contributed by atoms with Crippen LogP contribution in [0, 0.1) is 11.3 Å². The van der Waals surface area contributed by atoms with Crippen LogP contribution >= 0.6 is 0 Å². The Morgan fingerprint density at radius 1 is 1.14 bits per heavy atom. The van der Waals surface area contributed by atoms with Crippen LogP contribution < -0.4 is 5.32 Å². The molecule has 0 spiro atoms. The molecule has 5 heteroatoms. The number of nitriles is 1. The molecule has 0 unspecified atom stereocenters. The van der Waals surface area contributed by atoms with Crippen molar-refractivity contribution in [1.82, 2.24) is 0 Å². The van der Waals surface area contributed by atoms with Gasteiger partial charge in [0, 0.05) is 5.56 Å². The lowest BCUT2D eigenvalue weighted by Crippen LogP contribution is -2.14. The van der Waals surface area contributed by atoms with Gasteiger partial charge in [0.2, 0.25) is 0 Å². The molecule has 0 aliphatic carbocycles. The normalized spacial score (nSPS) is 15.4. The second-order valence-electron chi connectivity index (χ2n) is 4.82. The quantitative estimate of drug-likeness (QED) is 0.681. The average molecular weight is 288 g/mol. The Morgan fingerprint density at radius 3 is 2.59 bits per heavy atom. The van der Waals surface area contributed by atoms with E-state index < -0.39 is 0 Å². The Morgan fingerprint density at radius 2 is 1.86 bits per heavy atom. The lowest BCUT2D eigenvalue weighted by molar-refractivity contribution is -0.110. The van der Waals surface area contributed by atoms with Crippen LogP contribution in [0.1, 0.15) is 23.6 Å². The van der Waals surface area contributed by atoms with Crippen LogP contribution in [0.25, 0.3) is 0 Å². The molecule has 106 valence electrons. The summed E-state index contributed by atoms with van der Waals surface area (Å²) >= 11 is 0. The van der Waals surface area contributed by atoms with Crippen molar-refractivity contribution in [3.05, 3.63) is 65.2 Å². The maximum absolute atomic E-state index is 11.9. The number of anilines is 1. The summed E-state index contributed by atoms with van der Waals surface area (Å²) in [6.07, 6.45) is 0. The van der Waals surface area contributed by atoms with Gasteiger partial charge in [-0.3, -0.25) is 4.79 Å². The van der Waals surface area contributed by atoms with Crippen molar-refractivity contribution < 1.29 is 4.79 Å². The predicted molar refractivity (Wildman–Crippen MR) is 85.0 cm³/mol. The van der Waals surface area contributed by atoms with E-state index in [1.807, 2.05) is 31.2 Å². The van der Waals surface area contributed by atoms with E-state index in [1.54, 1.807) is 24.3 Å². The molecule has 0 saturated heterocycles. The molecule has 0 bridgehead atoms. The third-order valence-corrected chi connectivity index (χ3v) is 3.38. The van der Waals surface area contributed by atoms with E-state index in [1.165, 1.54) is 0 Å². The fourth-order valence-corrected chi connectivity index (χ4v) is 2.17. The number of nitrogens with one attached hydrogen (secondary N) is 1. The molecule has 0 atom stereocenters. The van der Waals surface area contributed by atoms with E-state index >= 15 is 0 Å². The Kier molecular flexibility index (Phi) is 3.50. The molecule has 0 radical (unpaired) electrons. The smallest absolute Gasteiger partial charge is 0.276 e. The summed E-state index contributed by atoms with van der Waals surface area (Å²) in [4.78, 5) is 11.9. The lowest BCUT2D eigenvalue weighted by atomic mass is 10.1. The topological polar surface area (TPSA) is 77.6 Å². The van der Waals surface area contributed by atoms with Crippen LogP contribution in [0.5, 0.6) is 0 Å². The monoisotopic (exact) mass is 288 g/mol. The van der Waals surface area contributed by atoms with E-state index in [2.05, 4.69) is 21.6 Å². The Balaban J connectivity index is 1.92.